The maximum Gasteiger partial charge on any atom is 0.130 e. The summed E-state index contributed by atoms with van der Waals surface area (Å²) in [5.41, 5.74) is 2.89. The lowest BCUT2D eigenvalue weighted by molar-refractivity contribution is 0.518. The summed E-state index contributed by atoms with van der Waals surface area (Å²) in [5.74, 6) is 2.32. The van der Waals surface area contributed by atoms with Gasteiger partial charge in [0.15, 0.2) is 0 Å². The van der Waals surface area contributed by atoms with Gasteiger partial charge in [-0.15, -0.1) is 11.3 Å². The Hall–Kier alpha value is -3.51. The van der Waals surface area contributed by atoms with Gasteiger partial charge in [-0.1, -0.05) is 18.2 Å². The highest BCUT2D eigenvalue weighted by Gasteiger charge is 2.09. The topological polar surface area (TPSA) is 63.8 Å². The quantitative estimate of drug-likeness (QED) is 0.397. The lowest BCUT2D eigenvalue weighted by Gasteiger charge is -2.08. The van der Waals surface area contributed by atoms with E-state index in [4.69, 9.17) is 4.42 Å². The van der Waals surface area contributed by atoms with Gasteiger partial charge in [0, 0.05) is 39.2 Å². The molecule has 5 aromatic rings. The summed E-state index contributed by atoms with van der Waals surface area (Å²) < 4.78 is 6.65. The van der Waals surface area contributed by atoms with Crippen molar-refractivity contribution in [1.29, 1.82) is 0 Å². The molecule has 0 saturated carbocycles. The Morgan fingerprint density at radius 3 is 2.72 bits per heavy atom. The van der Waals surface area contributed by atoms with Crippen LogP contribution in [0.4, 0.5) is 5.82 Å². The molecule has 4 aromatic heterocycles. The van der Waals surface area contributed by atoms with Crippen LogP contribution in [0.3, 0.4) is 0 Å². The molecule has 0 spiro atoms. The van der Waals surface area contributed by atoms with E-state index in [1.165, 1.54) is 15.0 Å². The van der Waals surface area contributed by atoms with E-state index in [0.29, 0.717) is 12.4 Å². The molecule has 0 bridgehead atoms. The second-order valence-electron chi connectivity index (χ2n) is 6.73. The summed E-state index contributed by atoms with van der Waals surface area (Å²) >= 11 is 1.77. The molecule has 0 saturated heterocycles. The number of thiophene rings is 1. The predicted molar refractivity (Wildman–Crippen MR) is 117 cm³/mol. The number of anilines is 1. The molecule has 4 heterocycles. The number of rotatable bonds is 5. The molecule has 5 rings (SSSR count). The number of fused-ring (bicyclic) bond motifs is 1. The molecule has 6 heteroatoms. The molecule has 1 N–H and O–H groups in total. The molecule has 0 aliphatic heterocycles. The largest absolute Gasteiger partial charge is 0.467 e. The molecule has 142 valence electrons. The molecule has 0 radical (unpaired) electrons. The zero-order valence-electron chi connectivity index (χ0n) is 15.8. The van der Waals surface area contributed by atoms with E-state index in [9.17, 15) is 0 Å². The van der Waals surface area contributed by atoms with Gasteiger partial charge < -0.3 is 9.73 Å². The Morgan fingerprint density at radius 2 is 1.86 bits per heavy atom. The van der Waals surface area contributed by atoms with Crippen molar-refractivity contribution in [3.05, 3.63) is 84.8 Å². The first-order valence-corrected chi connectivity index (χ1v) is 10.1. The molecule has 0 atom stereocenters. The molecule has 0 aliphatic rings. The number of nitrogens with one attached hydrogen (secondary N) is 1. The fraction of sp³-hybridized carbons (Fsp3) is 0.0870. The third kappa shape index (κ3) is 3.75. The van der Waals surface area contributed by atoms with Crippen LogP contribution in [0.25, 0.3) is 31.8 Å². The van der Waals surface area contributed by atoms with Crippen molar-refractivity contribution in [3.63, 3.8) is 0 Å². The summed E-state index contributed by atoms with van der Waals surface area (Å²) in [7, 11) is 0. The van der Waals surface area contributed by atoms with E-state index >= 15 is 0 Å². The average Bonchev–Trinajstić information content (AvgIpc) is 3.41. The highest BCUT2D eigenvalue weighted by atomic mass is 32.1. The maximum atomic E-state index is 5.38. The summed E-state index contributed by atoms with van der Waals surface area (Å²) in [6.07, 6.45) is 5.41. The number of aryl methyl sites for hydroxylation is 1. The van der Waals surface area contributed by atoms with Gasteiger partial charge in [-0.2, -0.15) is 0 Å². The van der Waals surface area contributed by atoms with Gasteiger partial charge in [-0.25, -0.2) is 9.97 Å². The summed E-state index contributed by atoms with van der Waals surface area (Å²) in [6.45, 7) is 2.47. The minimum absolute atomic E-state index is 0.572. The van der Waals surface area contributed by atoms with Crippen molar-refractivity contribution in [2.75, 3.05) is 5.32 Å². The smallest absolute Gasteiger partial charge is 0.130 e. The second-order valence-corrected chi connectivity index (χ2v) is 7.81. The Balaban J connectivity index is 1.46. The van der Waals surface area contributed by atoms with Crippen LogP contribution in [0.1, 0.15) is 11.6 Å². The SMILES string of the molecule is Cc1nc(NCc2ccco2)cc(-c2cncc(-c3cc4ccccc4s3)c2)n1. The Bertz CT molecular complexity index is 1240. The number of nitrogens with zero attached hydrogens (tertiary/aromatic N) is 3. The zero-order chi connectivity index (χ0) is 19.6. The minimum atomic E-state index is 0.572. The van der Waals surface area contributed by atoms with Crippen molar-refractivity contribution in [3.8, 4) is 21.7 Å². The molecule has 0 unspecified atom stereocenters. The van der Waals surface area contributed by atoms with Crippen molar-refractivity contribution >= 4 is 27.2 Å². The Labute approximate surface area is 172 Å². The van der Waals surface area contributed by atoms with Crippen LogP contribution in [0, 0.1) is 6.92 Å². The van der Waals surface area contributed by atoms with Gasteiger partial charge >= 0.3 is 0 Å². The fourth-order valence-corrected chi connectivity index (χ4v) is 4.28. The van der Waals surface area contributed by atoms with Crippen molar-refractivity contribution < 1.29 is 4.42 Å². The van der Waals surface area contributed by atoms with Gasteiger partial charge in [-0.05, 0) is 42.6 Å². The lowest BCUT2D eigenvalue weighted by atomic mass is 10.1. The van der Waals surface area contributed by atoms with Gasteiger partial charge in [0.2, 0.25) is 0 Å². The number of hydrogen-bond donors (Lipinski definition) is 1. The van der Waals surface area contributed by atoms with Crippen molar-refractivity contribution in [2.45, 2.75) is 13.5 Å². The van der Waals surface area contributed by atoms with E-state index < -0.39 is 0 Å². The van der Waals surface area contributed by atoms with E-state index in [-0.39, 0.29) is 0 Å². The first kappa shape index (κ1) is 17.6. The van der Waals surface area contributed by atoms with Crippen LogP contribution in [-0.4, -0.2) is 15.0 Å². The van der Waals surface area contributed by atoms with E-state index in [1.54, 1.807) is 17.6 Å². The third-order valence-corrected chi connectivity index (χ3v) is 5.77. The normalized spacial score (nSPS) is 11.1. The van der Waals surface area contributed by atoms with Crippen molar-refractivity contribution in [2.24, 2.45) is 0 Å². The standard InChI is InChI=1S/C23H18N4OS/c1-15-26-20(11-23(27-15)25-14-19-6-4-8-28-19)17-9-18(13-24-12-17)22-10-16-5-2-3-7-21(16)29-22/h2-13H,14H2,1H3,(H,25,26,27). The number of pyridine rings is 1. The van der Waals surface area contributed by atoms with Crippen LogP contribution in [0.15, 0.2) is 77.7 Å². The maximum absolute atomic E-state index is 5.38. The summed E-state index contributed by atoms with van der Waals surface area (Å²) in [6, 6.07) is 18.5. The Morgan fingerprint density at radius 1 is 0.966 bits per heavy atom. The highest BCUT2D eigenvalue weighted by molar-refractivity contribution is 7.22. The number of furan rings is 1. The molecule has 0 amide bonds. The van der Waals surface area contributed by atoms with Crippen LogP contribution in [0.5, 0.6) is 0 Å². The van der Waals surface area contributed by atoms with E-state index in [1.807, 2.05) is 37.5 Å². The molecule has 0 fully saturated rings. The highest BCUT2D eigenvalue weighted by Crippen LogP contribution is 2.34. The summed E-state index contributed by atoms with van der Waals surface area (Å²) in [4.78, 5) is 14.8. The lowest BCUT2D eigenvalue weighted by Crippen LogP contribution is -2.03. The number of hydrogen-bond acceptors (Lipinski definition) is 6. The predicted octanol–water partition coefficient (Wildman–Crippen LogP) is 5.93. The number of benzene rings is 1. The van der Waals surface area contributed by atoms with Gasteiger partial charge in [0.05, 0.1) is 18.5 Å². The van der Waals surface area contributed by atoms with E-state index in [0.717, 1.165) is 28.4 Å². The minimum Gasteiger partial charge on any atom is -0.467 e. The molecule has 5 nitrogen and oxygen atoms in total. The van der Waals surface area contributed by atoms with Gasteiger partial charge in [0.1, 0.15) is 17.4 Å². The average molecular weight is 398 g/mol. The molecule has 1 aromatic carbocycles. The zero-order valence-corrected chi connectivity index (χ0v) is 16.6. The number of aromatic nitrogens is 3. The Kier molecular flexibility index (Phi) is 4.54. The molecule has 29 heavy (non-hydrogen) atoms. The van der Waals surface area contributed by atoms with E-state index in [2.05, 4.69) is 56.7 Å². The molecular weight excluding hydrogens is 380 g/mol. The van der Waals surface area contributed by atoms with Crippen LogP contribution in [-0.2, 0) is 6.54 Å². The monoisotopic (exact) mass is 398 g/mol. The van der Waals surface area contributed by atoms with Crippen LogP contribution >= 0.6 is 11.3 Å². The fourth-order valence-electron chi connectivity index (χ4n) is 3.24. The molecule has 0 aliphatic carbocycles. The first-order chi connectivity index (χ1) is 14.2. The van der Waals surface area contributed by atoms with Crippen molar-refractivity contribution in [1.82, 2.24) is 15.0 Å². The van der Waals surface area contributed by atoms with Gasteiger partial charge in [0.25, 0.3) is 0 Å². The van der Waals surface area contributed by atoms with Gasteiger partial charge in [-0.3, -0.25) is 4.98 Å². The second kappa shape index (κ2) is 7.48. The van der Waals surface area contributed by atoms with Crippen LogP contribution < -0.4 is 5.32 Å². The molecular formula is C23H18N4OS. The first-order valence-electron chi connectivity index (χ1n) is 9.31. The summed E-state index contributed by atoms with van der Waals surface area (Å²) in [5, 5.41) is 4.55. The third-order valence-electron chi connectivity index (χ3n) is 4.61. The van der Waals surface area contributed by atoms with Crippen LogP contribution in [0.2, 0.25) is 0 Å².